The number of carbonyl (C=O) groups excluding carboxylic acids is 2. The Morgan fingerprint density at radius 2 is 1.92 bits per heavy atom. The number of anilines is 1. The molecule has 3 heterocycles. The zero-order valence-corrected chi connectivity index (χ0v) is 23.8. The smallest absolute Gasteiger partial charge is 0.281 e. The molecule has 0 radical (unpaired) electrons. The van der Waals surface area contributed by atoms with Gasteiger partial charge in [-0.2, -0.15) is 0 Å². The third-order valence-electron chi connectivity index (χ3n) is 8.13. The highest BCUT2D eigenvalue weighted by Crippen LogP contribution is 2.32. The van der Waals surface area contributed by atoms with Gasteiger partial charge in [0.15, 0.2) is 5.11 Å². The minimum absolute atomic E-state index is 0.147. The molecule has 0 spiro atoms. The van der Waals surface area contributed by atoms with E-state index in [4.69, 9.17) is 12.2 Å². The first-order valence-electron chi connectivity index (χ1n) is 13.5. The quantitative estimate of drug-likeness (QED) is 0.309. The Bertz CT molecular complexity index is 1470. The van der Waals surface area contributed by atoms with Crippen molar-refractivity contribution in [2.75, 3.05) is 18.5 Å². The summed E-state index contributed by atoms with van der Waals surface area (Å²) in [6.45, 7) is 9.48. The maximum absolute atomic E-state index is 13.7. The van der Waals surface area contributed by atoms with E-state index in [1.165, 1.54) is 17.5 Å². The molecule has 0 bridgehead atoms. The molecule has 1 aromatic heterocycles. The lowest BCUT2D eigenvalue weighted by atomic mass is 10.0. The van der Waals surface area contributed by atoms with Crippen LogP contribution in [0.15, 0.2) is 48.3 Å². The van der Waals surface area contributed by atoms with E-state index in [0.29, 0.717) is 10.8 Å². The van der Waals surface area contributed by atoms with Gasteiger partial charge in [-0.3, -0.25) is 14.5 Å². The van der Waals surface area contributed by atoms with Crippen molar-refractivity contribution in [2.45, 2.75) is 66.0 Å². The lowest BCUT2D eigenvalue weighted by Gasteiger charge is -2.33. The fourth-order valence-electron chi connectivity index (χ4n) is 5.69. The molecular formula is C31H36N4O2S. The highest BCUT2D eigenvalue weighted by atomic mass is 32.1. The predicted octanol–water partition coefficient (Wildman–Crippen LogP) is 5.83. The summed E-state index contributed by atoms with van der Waals surface area (Å²) in [4.78, 5) is 32.5. The van der Waals surface area contributed by atoms with E-state index in [1.807, 2.05) is 55.4 Å². The van der Waals surface area contributed by atoms with E-state index in [0.717, 1.165) is 53.5 Å². The Kier molecular flexibility index (Phi) is 7.14. The van der Waals surface area contributed by atoms with Crippen LogP contribution >= 0.6 is 12.2 Å². The fraction of sp³-hybridized carbons (Fsp3) is 0.387. The normalized spacial score (nSPS) is 19.3. The standard InChI is InChI=1S/C31H36N4O2S/c1-6-23-11-9-12-26-24(18-33(29(23)26)19-28(36)34-15-8-7-10-22(34)4)17-27-30(37)35(31(38)32(27)5)25-14-13-20(2)21(3)16-25/h9,11-14,16-18,22H,6-8,10,15,19H2,1-5H3/b27-17-/t22-/m1/s1. The Morgan fingerprint density at radius 1 is 1.13 bits per heavy atom. The Morgan fingerprint density at radius 3 is 2.63 bits per heavy atom. The van der Waals surface area contributed by atoms with Gasteiger partial charge in [0.1, 0.15) is 12.2 Å². The number of hydrogen-bond acceptors (Lipinski definition) is 3. The lowest BCUT2D eigenvalue weighted by Crippen LogP contribution is -2.43. The summed E-state index contributed by atoms with van der Waals surface area (Å²) in [6, 6.07) is 12.5. The van der Waals surface area contributed by atoms with Crippen LogP contribution in [0.3, 0.4) is 0 Å². The molecule has 0 saturated carbocycles. The van der Waals surface area contributed by atoms with Gasteiger partial charge in [-0.15, -0.1) is 0 Å². The number of nitrogens with zero attached hydrogens (tertiary/aromatic N) is 4. The second-order valence-electron chi connectivity index (χ2n) is 10.6. The Hall–Kier alpha value is -3.45. The number of benzene rings is 2. The summed E-state index contributed by atoms with van der Waals surface area (Å²) in [5.74, 6) is 0.00174. The number of para-hydroxylation sites is 1. The van der Waals surface area contributed by atoms with Crippen LogP contribution in [0.2, 0.25) is 0 Å². The molecule has 5 rings (SSSR count). The molecule has 2 aliphatic rings. The molecule has 6 nitrogen and oxygen atoms in total. The molecule has 2 aromatic carbocycles. The van der Waals surface area contributed by atoms with Crippen LogP contribution in [0.1, 0.15) is 55.4 Å². The first kappa shape index (κ1) is 26.2. The van der Waals surface area contributed by atoms with Gasteiger partial charge in [0.25, 0.3) is 5.91 Å². The summed E-state index contributed by atoms with van der Waals surface area (Å²) in [6.07, 6.45) is 8.09. The van der Waals surface area contributed by atoms with Crippen molar-refractivity contribution >= 4 is 51.8 Å². The number of thiocarbonyl (C=S) groups is 1. The van der Waals surface area contributed by atoms with Crippen molar-refractivity contribution in [1.82, 2.24) is 14.4 Å². The zero-order valence-electron chi connectivity index (χ0n) is 23.0. The first-order chi connectivity index (χ1) is 18.2. The monoisotopic (exact) mass is 528 g/mol. The molecule has 38 heavy (non-hydrogen) atoms. The predicted molar refractivity (Wildman–Crippen MR) is 158 cm³/mol. The number of aromatic nitrogens is 1. The van der Waals surface area contributed by atoms with Gasteiger partial charge in [0.05, 0.1) is 11.2 Å². The average molecular weight is 529 g/mol. The average Bonchev–Trinajstić information content (AvgIpc) is 3.35. The van der Waals surface area contributed by atoms with Crippen LogP contribution in [-0.4, -0.2) is 50.9 Å². The molecule has 2 amide bonds. The van der Waals surface area contributed by atoms with Crippen molar-refractivity contribution < 1.29 is 9.59 Å². The molecule has 3 aromatic rings. The van der Waals surface area contributed by atoms with E-state index < -0.39 is 0 Å². The Labute approximate surface area is 230 Å². The van der Waals surface area contributed by atoms with E-state index in [-0.39, 0.29) is 24.4 Å². The number of aryl methyl sites for hydroxylation is 3. The van der Waals surface area contributed by atoms with Crippen LogP contribution in [-0.2, 0) is 22.6 Å². The van der Waals surface area contributed by atoms with Crippen LogP contribution in [0.25, 0.3) is 17.0 Å². The number of amides is 2. The maximum Gasteiger partial charge on any atom is 0.281 e. The van der Waals surface area contributed by atoms with Gasteiger partial charge in [-0.05, 0) is 93.6 Å². The van der Waals surface area contributed by atoms with Crippen molar-refractivity contribution in [2.24, 2.45) is 0 Å². The van der Waals surface area contributed by atoms with Gasteiger partial charge >= 0.3 is 0 Å². The maximum atomic E-state index is 13.7. The summed E-state index contributed by atoms with van der Waals surface area (Å²) in [5, 5.41) is 1.49. The third-order valence-corrected chi connectivity index (χ3v) is 8.58. The molecule has 2 saturated heterocycles. The topological polar surface area (TPSA) is 48.8 Å². The molecule has 0 unspecified atom stereocenters. The summed E-state index contributed by atoms with van der Waals surface area (Å²) >= 11 is 5.71. The van der Waals surface area contributed by atoms with Crippen LogP contribution in [0.4, 0.5) is 5.69 Å². The summed E-state index contributed by atoms with van der Waals surface area (Å²) in [7, 11) is 1.84. The summed E-state index contributed by atoms with van der Waals surface area (Å²) in [5.41, 5.74) is 6.73. The molecule has 2 aliphatic heterocycles. The minimum atomic E-state index is -0.147. The zero-order chi connectivity index (χ0) is 27.1. The third kappa shape index (κ3) is 4.53. The molecule has 2 fully saturated rings. The number of likely N-dealkylation sites (tertiary alicyclic amines) is 1. The van der Waals surface area contributed by atoms with E-state index >= 15 is 0 Å². The van der Waals surface area contributed by atoms with Crippen LogP contribution in [0.5, 0.6) is 0 Å². The molecule has 0 N–H and O–H groups in total. The largest absolute Gasteiger partial charge is 0.338 e. The van der Waals surface area contributed by atoms with Crippen LogP contribution in [0, 0.1) is 13.8 Å². The van der Waals surface area contributed by atoms with E-state index in [9.17, 15) is 9.59 Å². The Balaban J connectivity index is 1.54. The molecule has 198 valence electrons. The highest BCUT2D eigenvalue weighted by Gasteiger charge is 2.37. The SMILES string of the molecule is CCc1cccc2c(/C=C3/C(=O)N(c4ccc(C)c(C)c4)C(=S)N3C)cn(CC(=O)N3CCCC[C@H]3C)c12. The molecule has 7 heteroatoms. The van der Waals surface area contributed by atoms with Gasteiger partial charge in [-0.25, -0.2) is 0 Å². The van der Waals surface area contributed by atoms with Crippen molar-refractivity contribution in [1.29, 1.82) is 0 Å². The number of rotatable bonds is 5. The number of likely N-dealkylation sites (N-methyl/N-ethyl adjacent to an activating group) is 1. The first-order valence-corrected chi connectivity index (χ1v) is 13.9. The van der Waals surface area contributed by atoms with Gasteiger partial charge in [0.2, 0.25) is 5.91 Å². The number of fused-ring (bicyclic) bond motifs is 1. The lowest BCUT2D eigenvalue weighted by molar-refractivity contribution is -0.135. The van der Waals surface area contributed by atoms with Crippen molar-refractivity contribution in [3.8, 4) is 0 Å². The molecule has 1 atom stereocenters. The second-order valence-corrected chi connectivity index (χ2v) is 11.0. The fourth-order valence-corrected chi connectivity index (χ4v) is 5.98. The minimum Gasteiger partial charge on any atom is -0.338 e. The molecular weight excluding hydrogens is 492 g/mol. The van der Waals surface area contributed by atoms with Gasteiger partial charge in [-0.1, -0.05) is 31.2 Å². The van der Waals surface area contributed by atoms with Crippen molar-refractivity contribution in [3.63, 3.8) is 0 Å². The van der Waals surface area contributed by atoms with Crippen LogP contribution < -0.4 is 4.90 Å². The number of carbonyl (C=O) groups is 2. The van der Waals surface area contributed by atoms with E-state index in [1.54, 1.807) is 9.80 Å². The highest BCUT2D eigenvalue weighted by molar-refractivity contribution is 7.80. The van der Waals surface area contributed by atoms with Gasteiger partial charge in [0, 0.05) is 36.8 Å². The second kappa shape index (κ2) is 10.4. The number of hydrogen-bond donors (Lipinski definition) is 0. The summed E-state index contributed by atoms with van der Waals surface area (Å²) < 4.78 is 2.07. The molecule has 0 aliphatic carbocycles. The van der Waals surface area contributed by atoms with Crippen molar-refractivity contribution in [3.05, 3.63) is 70.5 Å². The van der Waals surface area contributed by atoms with Gasteiger partial charge < -0.3 is 14.4 Å². The van der Waals surface area contributed by atoms with E-state index in [2.05, 4.69) is 37.5 Å². The number of piperidine rings is 1.